The van der Waals surface area contributed by atoms with Crippen LogP contribution in [0.2, 0.25) is 0 Å². The molecule has 1 aliphatic carbocycles. The maximum Gasteiger partial charge on any atom is 0.248 e. The smallest absolute Gasteiger partial charge is 0.248 e. The van der Waals surface area contributed by atoms with Gasteiger partial charge in [-0.1, -0.05) is 26.7 Å². The molecule has 1 aromatic rings. The normalized spacial score (nSPS) is 26.3. The molecule has 1 fully saturated rings. The standard InChI is InChI=1S/C16H23FN2O/c1-9-5-4-6-14(10(9)2)19-15-8-12(16(18)20)7-13(17)11(15)3/h7-10,14,19H,4-6H2,1-3H3,(H2,18,20). The fraction of sp³-hybridized carbons (Fsp3) is 0.562. The average molecular weight is 278 g/mol. The molecule has 2 rings (SSSR count). The fourth-order valence-corrected chi connectivity index (χ4v) is 2.96. The van der Waals surface area contributed by atoms with Crippen molar-refractivity contribution >= 4 is 11.6 Å². The largest absolute Gasteiger partial charge is 0.382 e. The van der Waals surface area contributed by atoms with Crippen molar-refractivity contribution in [2.45, 2.75) is 46.1 Å². The summed E-state index contributed by atoms with van der Waals surface area (Å²) >= 11 is 0. The van der Waals surface area contributed by atoms with Gasteiger partial charge in [0.1, 0.15) is 5.82 Å². The Morgan fingerprint density at radius 2 is 2.05 bits per heavy atom. The number of nitrogens with one attached hydrogen (secondary N) is 1. The average Bonchev–Trinajstić information content (AvgIpc) is 2.39. The second-order valence-corrected chi connectivity index (χ2v) is 6.01. The molecule has 0 heterocycles. The fourth-order valence-electron chi connectivity index (χ4n) is 2.96. The quantitative estimate of drug-likeness (QED) is 0.889. The van der Waals surface area contributed by atoms with E-state index in [1.54, 1.807) is 13.0 Å². The molecule has 0 aromatic heterocycles. The molecular formula is C16H23FN2O. The van der Waals surface area contributed by atoms with E-state index in [0.29, 0.717) is 29.1 Å². The number of nitrogens with two attached hydrogens (primary N) is 1. The van der Waals surface area contributed by atoms with Crippen molar-refractivity contribution in [2.75, 3.05) is 5.32 Å². The Morgan fingerprint density at radius 3 is 2.70 bits per heavy atom. The topological polar surface area (TPSA) is 55.1 Å². The van der Waals surface area contributed by atoms with Gasteiger partial charge in [0.15, 0.2) is 0 Å². The van der Waals surface area contributed by atoms with Crippen LogP contribution >= 0.6 is 0 Å². The summed E-state index contributed by atoms with van der Waals surface area (Å²) in [6.07, 6.45) is 3.50. The van der Waals surface area contributed by atoms with E-state index < -0.39 is 5.91 Å². The molecule has 20 heavy (non-hydrogen) atoms. The van der Waals surface area contributed by atoms with Crippen LogP contribution in [0.1, 0.15) is 49.0 Å². The second kappa shape index (κ2) is 5.81. The number of hydrogen-bond donors (Lipinski definition) is 2. The van der Waals surface area contributed by atoms with Crippen LogP contribution in [0.25, 0.3) is 0 Å². The van der Waals surface area contributed by atoms with Crippen molar-refractivity contribution in [3.8, 4) is 0 Å². The first-order chi connectivity index (χ1) is 9.40. The van der Waals surface area contributed by atoms with Gasteiger partial charge in [0.25, 0.3) is 0 Å². The first-order valence-electron chi connectivity index (χ1n) is 7.26. The molecule has 0 aliphatic heterocycles. The van der Waals surface area contributed by atoms with Crippen LogP contribution in [-0.4, -0.2) is 11.9 Å². The SMILES string of the molecule is Cc1c(F)cc(C(N)=O)cc1NC1CCCC(C)C1C. The van der Waals surface area contributed by atoms with E-state index in [1.165, 1.54) is 18.9 Å². The number of carbonyl (C=O) groups excluding carboxylic acids is 1. The number of halogens is 1. The molecule has 0 radical (unpaired) electrons. The first kappa shape index (κ1) is 14.8. The molecule has 0 saturated heterocycles. The maximum atomic E-state index is 13.9. The Hall–Kier alpha value is -1.58. The summed E-state index contributed by atoms with van der Waals surface area (Å²) in [6, 6.07) is 3.18. The number of anilines is 1. The summed E-state index contributed by atoms with van der Waals surface area (Å²) in [7, 11) is 0. The summed E-state index contributed by atoms with van der Waals surface area (Å²) in [5.41, 5.74) is 6.69. The van der Waals surface area contributed by atoms with Crippen LogP contribution in [0.15, 0.2) is 12.1 Å². The third-order valence-corrected chi connectivity index (χ3v) is 4.68. The van der Waals surface area contributed by atoms with Crippen molar-refractivity contribution in [3.05, 3.63) is 29.1 Å². The van der Waals surface area contributed by atoms with E-state index in [-0.39, 0.29) is 11.4 Å². The lowest BCUT2D eigenvalue weighted by atomic mass is 9.78. The Morgan fingerprint density at radius 1 is 1.35 bits per heavy atom. The molecule has 0 bridgehead atoms. The van der Waals surface area contributed by atoms with Crippen molar-refractivity contribution < 1.29 is 9.18 Å². The monoisotopic (exact) mass is 278 g/mol. The van der Waals surface area contributed by atoms with Crippen LogP contribution in [0, 0.1) is 24.6 Å². The molecule has 3 unspecified atom stereocenters. The summed E-state index contributed by atoms with van der Waals surface area (Å²) in [6.45, 7) is 6.20. The molecule has 1 saturated carbocycles. The van der Waals surface area contributed by atoms with Gasteiger partial charge in [-0.3, -0.25) is 4.79 Å². The third kappa shape index (κ3) is 2.94. The van der Waals surface area contributed by atoms with Gasteiger partial charge in [-0.2, -0.15) is 0 Å². The Labute approximate surface area is 119 Å². The number of hydrogen-bond acceptors (Lipinski definition) is 2. The van der Waals surface area contributed by atoms with Crippen LogP contribution in [0.3, 0.4) is 0 Å². The Kier molecular flexibility index (Phi) is 4.31. The number of benzene rings is 1. The maximum absolute atomic E-state index is 13.9. The lowest BCUT2D eigenvalue weighted by Gasteiger charge is -2.35. The number of primary amides is 1. The van der Waals surface area contributed by atoms with E-state index in [1.807, 2.05) is 0 Å². The van der Waals surface area contributed by atoms with E-state index in [2.05, 4.69) is 19.2 Å². The predicted octanol–water partition coefficient (Wildman–Crippen LogP) is 3.47. The number of rotatable bonds is 3. The lowest BCUT2D eigenvalue weighted by molar-refractivity contribution is 0.1000. The summed E-state index contributed by atoms with van der Waals surface area (Å²) in [5.74, 6) is 0.200. The van der Waals surface area contributed by atoms with E-state index in [0.717, 1.165) is 6.42 Å². The highest BCUT2D eigenvalue weighted by Crippen LogP contribution is 2.32. The minimum atomic E-state index is -0.600. The van der Waals surface area contributed by atoms with Gasteiger partial charge in [-0.15, -0.1) is 0 Å². The Bertz CT molecular complexity index is 515. The van der Waals surface area contributed by atoms with Gasteiger partial charge in [-0.25, -0.2) is 4.39 Å². The molecule has 1 amide bonds. The summed E-state index contributed by atoms with van der Waals surface area (Å²) in [5, 5.41) is 3.42. The molecule has 3 atom stereocenters. The van der Waals surface area contributed by atoms with Crippen molar-refractivity contribution in [2.24, 2.45) is 17.6 Å². The molecule has 4 heteroatoms. The molecule has 1 aliphatic rings. The van der Waals surface area contributed by atoms with Crippen molar-refractivity contribution in [1.29, 1.82) is 0 Å². The predicted molar refractivity (Wildman–Crippen MR) is 79.2 cm³/mol. The van der Waals surface area contributed by atoms with Gasteiger partial charge < -0.3 is 11.1 Å². The van der Waals surface area contributed by atoms with Crippen molar-refractivity contribution in [1.82, 2.24) is 0 Å². The molecule has 0 spiro atoms. The molecule has 110 valence electrons. The van der Waals surface area contributed by atoms with E-state index in [4.69, 9.17) is 5.73 Å². The number of carbonyl (C=O) groups is 1. The summed E-state index contributed by atoms with van der Waals surface area (Å²) in [4.78, 5) is 11.3. The lowest BCUT2D eigenvalue weighted by Crippen LogP contribution is -2.35. The zero-order chi connectivity index (χ0) is 14.9. The molecular weight excluding hydrogens is 255 g/mol. The van der Waals surface area contributed by atoms with Crippen LogP contribution in [-0.2, 0) is 0 Å². The van der Waals surface area contributed by atoms with E-state index >= 15 is 0 Å². The minimum Gasteiger partial charge on any atom is -0.382 e. The van der Waals surface area contributed by atoms with E-state index in [9.17, 15) is 9.18 Å². The van der Waals surface area contributed by atoms with Crippen LogP contribution < -0.4 is 11.1 Å². The van der Waals surface area contributed by atoms with Gasteiger partial charge in [-0.05, 0) is 37.3 Å². The summed E-state index contributed by atoms with van der Waals surface area (Å²) < 4.78 is 13.9. The molecule has 3 nitrogen and oxygen atoms in total. The molecule has 3 N–H and O–H groups in total. The number of amides is 1. The molecule has 1 aromatic carbocycles. The van der Waals surface area contributed by atoms with Gasteiger partial charge in [0.05, 0.1) is 0 Å². The van der Waals surface area contributed by atoms with Gasteiger partial charge in [0, 0.05) is 22.9 Å². The van der Waals surface area contributed by atoms with Crippen LogP contribution in [0.5, 0.6) is 0 Å². The highest BCUT2D eigenvalue weighted by molar-refractivity contribution is 5.94. The zero-order valence-electron chi connectivity index (χ0n) is 12.4. The second-order valence-electron chi connectivity index (χ2n) is 6.01. The highest BCUT2D eigenvalue weighted by Gasteiger charge is 2.27. The van der Waals surface area contributed by atoms with Gasteiger partial charge in [0.2, 0.25) is 5.91 Å². The minimum absolute atomic E-state index is 0.215. The highest BCUT2D eigenvalue weighted by atomic mass is 19.1. The van der Waals surface area contributed by atoms with Crippen molar-refractivity contribution in [3.63, 3.8) is 0 Å². The zero-order valence-corrected chi connectivity index (χ0v) is 12.4. The van der Waals surface area contributed by atoms with Crippen LogP contribution in [0.4, 0.5) is 10.1 Å². The first-order valence-corrected chi connectivity index (χ1v) is 7.26. The Balaban J connectivity index is 2.26. The third-order valence-electron chi connectivity index (χ3n) is 4.68. The van der Waals surface area contributed by atoms with Gasteiger partial charge >= 0.3 is 0 Å².